The van der Waals surface area contributed by atoms with Crippen molar-refractivity contribution in [1.82, 2.24) is 5.32 Å². The molecule has 0 saturated carbocycles. The molecule has 1 saturated heterocycles. The van der Waals surface area contributed by atoms with Crippen molar-refractivity contribution in [1.29, 1.82) is 0 Å². The number of benzene rings is 1. The van der Waals surface area contributed by atoms with E-state index in [1.807, 2.05) is 18.2 Å². The number of hydrogen-bond donors (Lipinski definition) is 4. The second-order valence-electron chi connectivity index (χ2n) is 4.90. The van der Waals surface area contributed by atoms with Gasteiger partial charge in [0.15, 0.2) is 0 Å². The third kappa shape index (κ3) is 3.21. The Labute approximate surface area is 112 Å². The van der Waals surface area contributed by atoms with Crippen LogP contribution < -0.4 is 21.7 Å². The van der Waals surface area contributed by atoms with Gasteiger partial charge in [0.2, 0.25) is 0 Å². The lowest BCUT2D eigenvalue weighted by atomic mass is 9.96. The van der Waals surface area contributed by atoms with E-state index in [2.05, 4.69) is 10.2 Å². The molecule has 1 fully saturated rings. The normalized spacial score (nSPS) is 16.3. The third-order valence-corrected chi connectivity index (χ3v) is 3.57. The van der Waals surface area contributed by atoms with Crippen LogP contribution in [0.5, 0.6) is 0 Å². The summed E-state index contributed by atoms with van der Waals surface area (Å²) < 4.78 is 0. The molecule has 1 aromatic carbocycles. The van der Waals surface area contributed by atoms with Crippen molar-refractivity contribution >= 4 is 23.2 Å². The molecule has 0 unspecified atom stereocenters. The maximum atomic E-state index is 10.5. The van der Waals surface area contributed by atoms with Gasteiger partial charge < -0.3 is 26.8 Å². The van der Waals surface area contributed by atoms with Crippen molar-refractivity contribution in [2.45, 2.75) is 12.8 Å². The number of carbonyl (C=O) groups is 1. The molecule has 1 heterocycles. The van der Waals surface area contributed by atoms with Gasteiger partial charge in [0.1, 0.15) is 0 Å². The SMILES string of the molecule is Nc1cccc(N)c1N1CCC(CNC(=O)O)CC1. The minimum Gasteiger partial charge on any atom is -0.465 e. The number of hydrogen-bond acceptors (Lipinski definition) is 4. The van der Waals surface area contributed by atoms with Crippen LogP contribution in [0.3, 0.4) is 0 Å². The second-order valence-corrected chi connectivity index (χ2v) is 4.90. The Morgan fingerprint density at radius 1 is 1.32 bits per heavy atom. The van der Waals surface area contributed by atoms with Gasteiger partial charge in [-0.3, -0.25) is 0 Å². The molecule has 1 amide bonds. The highest BCUT2D eigenvalue weighted by atomic mass is 16.4. The van der Waals surface area contributed by atoms with Crippen molar-refractivity contribution in [2.75, 3.05) is 36.0 Å². The lowest BCUT2D eigenvalue weighted by molar-refractivity contribution is 0.191. The minimum absolute atomic E-state index is 0.388. The van der Waals surface area contributed by atoms with Crippen molar-refractivity contribution in [3.05, 3.63) is 18.2 Å². The fourth-order valence-corrected chi connectivity index (χ4v) is 2.54. The molecule has 0 bridgehead atoms. The quantitative estimate of drug-likeness (QED) is 0.617. The Morgan fingerprint density at radius 2 is 1.89 bits per heavy atom. The number of nitrogen functional groups attached to an aromatic ring is 2. The summed E-state index contributed by atoms with van der Waals surface area (Å²) in [6.45, 7) is 2.22. The monoisotopic (exact) mass is 264 g/mol. The molecular weight excluding hydrogens is 244 g/mol. The first-order valence-corrected chi connectivity index (χ1v) is 6.43. The van der Waals surface area contributed by atoms with Gasteiger partial charge in [0, 0.05) is 19.6 Å². The number of piperidine rings is 1. The second kappa shape index (κ2) is 5.69. The summed E-state index contributed by atoms with van der Waals surface area (Å²) in [6, 6.07) is 5.55. The van der Waals surface area contributed by atoms with Crippen LogP contribution in [-0.2, 0) is 0 Å². The lowest BCUT2D eigenvalue weighted by Gasteiger charge is -2.34. The van der Waals surface area contributed by atoms with Crippen LogP contribution in [0.4, 0.5) is 21.9 Å². The smallest absolute Gasteiger partial charge is 0.404 e. The Morgan fingerprint density at radius 3 is 2.42 bits per heavy atom. The van der Waals surface area contributed by atoms with Crippen LogP contribution in [-0.4, -0.2) is 30.8 Å². The van der Waals surface area contributed by atoms with E-state index < -0.39 is 6.09 Å². The average Bonchev–Trinajstić information content (AvgIpc) is 2.37. The summed E-state index contributed by atoms with van der Waals surface area (Å²) in [5.41, 5.74) is 14.2. The molecule has 1 aromatic rings. The topological polar surface area (TPSA) is 105 Å². The van der Waals surface area contributed by atoms with Gasteiger partial charge in [0.05, 0.1) is 17.1 Å². The van der Waals surface area contributed by atoms with Gasteiger partial charge in [-0.05, 0) is 30.9 Å². The van der Waals surface area contributed by atoms with E-state index in [4.69, 9.17) is 16.6 Å². The molecule has 6 heteroatoms. The van der Waals surface area contributed by atoms with Gasteiger partial charge in [-0.15, -0.1) is 0 Å². The molecule has 0 aromatic heterocycles. The van der Waals surface area contributed by atoms with Crippen molar-refractivity contribution in [3.8, 4) is 0 Å². The maximum Gasteiger partial charge on any atom is 0.404 e. The molecule has 1 aliphatic rings. The number of rotatable bonds is 3. The number of amides is 1. The molecule has 6 N–H and O–H groups in total. The Kier molecular flexibility index (Phi) is 3.99. The van der Waals surface area contributed by atoms with E-state index >= 15 is 0 Å². The van der Waals surface area contributed by atoms with Crippen LogP contribution in [0.15, 0.2) is 18.2 Å². The van der Waals surface area contributed by atoms with Crippen LogP contribution >= 0.6 is 0 Å². The highest BCUT2D eigenvalue weighted by molar-refractivity contribution is 5.80. The number of carboxylic acid groups (broad SMARTS) is 1. The molecule has 19 heavy (non-hydrogen) atoms. The maximum absolute atomic E-state index is 10.5. The van der Waals surface area contributed by atoms with E-state index in [1.54, 1.807) is 0 Å². The van der Waals surface area contributed by atoms with Crippen LogP contribution in [0.1, 0.15) is 12.8 Å². The highest BCUT2D eigenvalue weighted by Crippen LogP contribution is 2.32. The molecule has 0 radical (unpaired) electrons. The lowest BCUT2D eigenvalue weighted by Crippen LogP contribution is -2.38. The fraction of sp³-hybridized carbons (Fsp3) is 0.462. The third-order valence-electron chi connectivity index (χ3n) is 3.57. The van der Waals surface area contributed by atoms with Gasteiger partial charge in [0.25, 0.3) is 0 Å². The molecule has 1 aliphatic heterocycles. The summed E-state index contributed by atoms with van der Waals surface area (Å²) in [5, 5.41) is 11.0. The predicted octanol–water partition coefficient (Wildman–Crippen LogP) is 1.33. The molecular formula is C13H20N4O2. The van der Waals surface area contributed by atoms with Crippen LogP contribution in [0.2, 0.25) is 0 Å². The van der Waals surface area contributed by atoms with E-state index in [-0.39, 0.29) is 0 Å². The Balaban J connectivity index is 1.94. The van der Waals surface area contributed by atoms with E-state index in [9.17, 15) is 4.79 Å². The van der Waals surface area contributed by atoms with Crippen molar-refractivity contribution < 1.29 is 9.90 Å². The summed E-state index contributed by atoms with van der Waals surface area (Å²) in [6.07, 6.45) is 0.918. The summed E-state index contributed by atoms with van der Waals surface area (Å²) in [5.74, 6) is 0.388. The zero-order valence-corrected chi connectivity index (χ0v) is 10.8. The predicted molar refractivity (Wildman–Crippen MR) is 76.2 cm³/mol. The van der Waals surface area contributed by atoms with Gasteiger partial charge in [-0.1, -0.05) is 6.07 Å². The first-order valence-electron chi connectivity index (χ1n) is 6.43. The molecule has 0 atom stereocenters. The van der Waals surface area contributed by atoms with E-state index in [0.717, 1.165) is 31.6 Å². The number of nitrogens with two attached hydrogens (primary N) is 2. The molecule has 2 rings (SSSR count). The highest BCUT2D eigenvalue weighted by Gasteiger charge is 2.22. The standard InChI is InChI=1S/C13H20N4O2/c14-10-2-1-3-11(15)12(10)17-6-4-9(5-7-17)8-16-13(18)19/h1-3,9,16H,4-8,14-15H2,(H,18,19). The summed E-state index contributed by atoms with van der Waals surface area (Å²) in [4.78, 5) is 12.6. The minimum atomic E-state index is -0.959. The average molecular weight is 264 g/mol. The largest absolute Gasteiger partial charge is 0.465 e. The van der Waals surface area contributed by atoms with Crippen LogP contribution in [0.25, 0.3) is 0 Å². The summed E-state index contributed by atoms with van der Waals surface area (Å²) in [7, 11) is 0. The Hall–Kier alpha value is -2.11. The van der Waals surface area contributed by atoms with Crippen molar-refractivity contribution in [3.63, 3.8) is 0 Å². The van der Waals surface area contributed by atoms with E-state index in [1.165, 1.54) is 0 Å². The fourth-order valence-electron chi connectivity index (χ4n) is 2.54. The molecule has 104 valence electrons. The number of para-hydroxylation sites is 1. The molecule has 6 nitrogen and oxygen atoms in total. The first-order chi connectivity index (χ1) is 9.08. The number of nitrogens with one attached hydrogen (secondary N) is 1. The summed E-state index contributed by atoms with van der Waals surface area (Å²) >= 11 is 0. The zero-order chi connectivity index (χ0) is 13.8. The van der Waals surface area contributed by atoms with Crippen LogP contribution in [0, 0.1) is 5.92 Å². The molecule has 0 spiro atoms. The van der Waals surface area contributed by atoms with Crippen molar-refractivity contribution in [2.24, 2.45) is 5.92 Å². The van der Waals surface area contributed by atoms with Gasteiger partial charge in [-0.25, -0.2) is 4.79 Å². The van der Waals surface area contributed by atoms with Gasteiger partial charge in [-0.2, -0.15) is 0 Å². The Bertz CT molecular complexity index is 436. The number of nitrogens with zero attached hydrogens (tertiary/aromatic N) is 1. The number of anilines is 3. The molecule has 0 aliphatic carbocycles. The van der Waals surface area contributed by atoms with E-state index in [0.29, 0.717) is 23.8 Å². The first kappa shape index (κ1) is 13.3. The zero-order valence-electron chi connectivity index (χ0n) is 10.8. The van der Waals surface area contributed by atoms with Gasteiger partial charge >= 0.3 is 6.09 Å².